The summed E-state index contributed by atoms with van der Waals surface area (Å²) in [5.41, 5.74) is 0. The largest absolute Gasteiger partial charge is 0.333 e. The Bertz CT molecular complexity index is 559. The maximum absolute atomic E-state index is 12.7. The monoisotopic (exact) mass is 337 g/mol. The Labute approximate surface area is 140 Å². The molecule has 4 amide bonds. The summed E-state index contributed by atoms with van der Waals surface area (Å²) >= 11 is 1.58. The third kappa shape index (κ3) is 4.10. The van der Waals surface area contributed by atoms with E-state index in [1.165, 1.54) is 4.90 Å². The van der Waals surface area contributed by atoms with Crippen LogP contribution in [0.3, 0.4) is 0 Å². The number of hydrogen-bond donors (Lipinski definition) is 0. The highest BCUT2D eigenvalue weighted by molar-refractivity contribution is 7.09. The van der Waals surface area contributed by atoms with Gasteiger partial charge in [0.2, 0.25) is 0 Å². The Morgan fingerprint density at radius 1 is 1.26 bits per heavy atom. The van der Waals surface area contributed by atoms with Gasteiger partial charge in [-0.25, -0.2) is 4.79 Å². The molecule has 0 aliphatic carbocycles. The van der Waals surface area contributed by atoms with Gasteiger partial charge in [-0.15, -0.1) is 11.3 Å². The van der Waals surface area contributed by atoms with Crippen LogP contribution in [0.1, 0.15) is 31.6 Å². The molecule has 0 saturated carbocycles. The zero-order valence-corrected chi connectivity index (χ0v) is 14.5. The molecule has 1 aliphatic heterocycles. The van der Waals surface area contributed by atoms with E-state index >= 15 is 0 Å². The van der Waals surface area contributed by atoms with Gasteiger partial charge in [0.05, 0.1) is 6.54 Å². The first-order valence-corrected chi connectivity index (χ1v) is 8.88. The van der Waals surface area contributed by atoms with Crippen LogP contribution in [-0.4, -0.2) is 58.7 Å². The predicted octanol–water partition coefficient (Wildman–Crippen LogP) is 2.16. The van der Waals surface area contributed by atoms with Gasteiger partial charge < -0.3 is 9.80 Å². The molecule has 1 aromatic rings. The number of amides is 4. The maximum atomic E-state index is 12.7. The molecule has 7 heteroatoms. The lowest BCUT2D eigenvalue weighted by atomic mass is 10.2. The molecule has 1 saturated heterocycles. The van der Waals surface area contributed by atoms with Crippen molar-refractivity contribution in [1.29, 1.82) is 0 Å². The van der Waals surface area contributed by atoms with Gasteiger partial charge in [-0.05, 0) is 24.8 Å². The van der Waals surface area contributed by atoms with Crippen LogP contribution in [0, 0.1) is 0 Å². The number of nitrogens with zero attached hydrogens (tertiary/aromatic N) is 3. The van der Waals surface area contributed by atoms with Crippen LogP contribution in [-0.2, 0) is 16.1 Å². The van der Waals surface area contributed by atoms with E-state index in [0.717, 1.165) is 22.6 Å². The molecule has 126 valence electrons. The van der Waals surface area contributed by atoms with Crippen molar-refractivity contribution in [3.8, 4) is 0 Å². The SMILES string of the molecule is CCCCN(Cc1cccs1)C(=O)N1CCN(CC)C(=O)C1=O. The van der Waals surface area contributed by atoms with Crippen molar-refractivity contribution in [1.82, 2.24) is 14.7 Å². The molecule has 0 unspecified atom stereocenters. The van der Waals surface area contributed by atoms with Crippen molar-refractivity contribution in [2.45, 2.75) is 33.2 Å². The van der Waals surface area contributed by atoms with Crippen molar-refractivity contribution in [2.75, 3.05) is 26.2 Å². The van der Waals surface area contributed by atoms with E-state index < -0.39 is 11.8 Å². The molecule has 0 atom stereocenters. The number of unbranched alkanes of at least 4 members (excludes halogenated alkanes) is 1. The summed E-state index contributed by atoms with van der Waals surface area (Å²) in [6.45, 7) is 6.11. The number of hydrogen-bond acceptors (Lipinski definition) is 4. The number of carbonyl (C=O) groups is 3. The van der Waals surface area contributed by atoms with E-state index in [1.54, 1.807) is 16.2 Å². The predicted molar refractivity (Wildman–Crippen MR) is 89.0 cm³/mol. The lowest BCUT2D eigenvalue weighted by molar-refractivity contribution is -0.153. The average Bonchev–Trinajstić information content (AvgIpc) is 3.06. The highest BCUT2D eigenvalue weighted by Crippen LogP contribution is 2.16. The molecule has 1 aliphatic rings. The average molecular weight is 337 g/mol. The van der Waals surface area contributed by atoms with E-state index in [9.17, 15) is 14.4 Å². The van der Waals surface area contributed by atoms with E-state index in [4.69, 9.17) is 0 Å². The van der Waals surface area contributed by atoms with Crippen molar-refractivity contribution in [3.63, 3.8) is 0 Å². The van der Waals surface area contributed by atoms with Gasteiger partial charge in [-0.1, -0.05) is 19.4 Å². The summed E-state index contributed by atoms with van der Waals surface area (Å²) in [7, 11) is 0. The van der Waals surface area contributed by atoms with E-state index in [-0.39, 0.29) is 12.6 Å². The second-order valence-electron chi connectivity index (χ2n) is 5.48. The van der Waals surface area contributed by atoms with Gasteiger partial charge in [0.25, 0.3) is 0 Å². The normalized spacial score (nSPS) is 15.2. The number of likely N-dealkylation sites (N-methyl/N-ethyl adjacent to an activating group) is 1. The highest BCUT2D eigenvalue weighted by atomic mass is 32.1. The second-order valence-corrected chi connectivity index (χ2v) is 6.51. The Kier molecular flexibility index (Phi) is 6.15. The van der Waals surface area contributed by atoms with E-state index in [2.05, 4.69) is 6.92 Å². The van der Waals surface area contributed by atoms with E-state index in [1.807, 2.05) is 24.4 Å². The standard InChI is InChI=1S/C16H23N3O3S/c1-3-5-8-18(12-13-7-6-11-23-13)16(22)19-10-9-17(4-2)14(20)15(19)21/h6-7,11H,3-5,8-10,12H2,1-2H3. The smallest absolute Gasteiger partial charge is 0.327 e. The Morgan fingerprint density at radius 2 is 2.04 bits per heavy atom. The molecule has 6 nitrogen and oxygen atoms in total. The van der Waals surface area contributed by atoms with Crippen LogP contribution in [0.25, 0.3) is 0 Å². The topological polar surface area (TPSA) is 60.9 Å². The van der Waals surface area contributed by atoms with Crippen LogP contribution < -0.4 is 0 Å². The summed E-state index contributed by atoms with van der Waals surface area (Å²) in [4.78, 5) is 42.3. The Hall–Kier alpha value is -1.89. The molecule has 0 radical (unpaired) electrons. The summed E-state index contributed by atoms with van der Waals surface area (Å²) in [6.07, 6.45) is 1.83. The minimum atomic E-state index is -0.712. The summed E-state index contributed by atoms with van der Waals surface area (Å²) in [6, 6.07) is 3.55. The van der Waals surface area contributed by atoms with Gasteiger partial charge >= 0.3 is 17.8 Å². The molecule has 0 bridgehead atoms. The lowest BCUT2D eigenvalue weighted by Gasteiger charge is -2.35. The fourth-order valence-electron chi connectivity index (χ4n) is 2.51. The van der Waals surface area contributed by atoms with Crippen LogP contribution in [0.15, 0.2) is 17.5 Å². The summed E-state index contributed by atoms with van der Waals surface area (Å²) in [5, 5.41) is 1.96. The van der Waals surface area contributed by atoms with Gasteiger partial charge in [-0.3, -0.25) is 14.5 Å². The molecule has 1 aromatic heterocycles. The number of rotatable bonds is 6. The third-order valence-corrected chi connectivity index (χ3v) is 4.76. The number of carbonyl (C=O) groups excluding carboxylic acids is 3. The molecule has 2 heterocycles. The van der Waals surface area contributed by atoms with Crippen LogP contribution >= 0.6 is 11.3 Å². The number of imide groups is 1. The molecule has 0 aromatic carbocycles. The summed E-state index contributed by atoms with van der Waals surface area (Å²) < 4.78 is 0. The first kappa shape index (κ1) is 17.5. The maximum Gasteiger partial charge on any atom is 0.327 e. The third-order valence-electron chi connectivity index (χ3n) is 3.90. The molecule has 0 N–H and O–H groups in total. The van der Waals surface area contributed by atoms with Gasteiger partial charge in [-0.2, -0.15) is 0 Å². The first-order valence-electron chi connectivity index (χ1n) is 8.00. The van der Waals surface area contributed by atoms with Gasteiger partial charge in [0.15, 0.2) is 0 Å². The van der Waals surface area contributed by atoms with Gasteiger partial charge in [0, 0.05) is 31.1 Å². The molecule has 1 fully saturated rings. The highest BCUT2D eigenvalue weighted by Gasteiger charge is 2.37. The van der Waals surface area contributed by atoms with Crippen molar-refractivity contribution < 1.29 is 14.4 Å². The van der Waals surface area contributed by atoms with Crippen molar-refractivity contribution in [2.24, 2.45) is 0 Å². The van der Waals surface area contributed by atoms with Crippen molar-refractivity contribution >= 4 is 29.2 Å². The number of thiophene rings is 1. The van der Waals surface area contributed by atoms with Gasteiger partial charge in [0.1, 0.15) is 0 Å². The molecular weight excluding hydrogens is 314 g/mol. The zero-order valence-electron chi connectivity index (χ0n) is 13.7. The first-order chi connectivity index (χ1) is 11.1. The van der Waals surface area contributed by atoms with Crippen molar-refractivity contribution in [3.05, 3.63) is 22.4 Å². The fourth-order valence-corrected chi connectivity index (χ4v) is 3.23. The Balaban J connectivity index is 2.09. The second kappa shape index (κ2) is 8.10. The van der Waals surface area contributed by atoms with Crippen LogP contribution in [0.4, 0.5) is 4.79 Å². The molecule has 23 heavy (non-hydrogen) atoms. The number of urea groups is 1. The minimum Gasteiger partial charge on any atom is -0.333 e. The van der Waals surface area contributed by atoms with Crippen LogP contribution in [0.5, 0.6) is 0 Å². The molecule has 2 rings (SSSR count). The lowest BCUT2D eigenvalue weighted by Crippen LogP contribution is -2.58. The fraction of sp³-hybridized carbons (Fsp3) is 0.562. The zero-order chi connectivity index (χ0) is 16.8. The van der Waals surface area contributed by atoms with E-state index in [0.29, 0.717) is 26.2 Å². The molecular formula is C16H23N3O3S. The van der Waals surface area contributed by atoms with Crippen LogP contribution in [0.2, 0.25) is 0 Å². The molecule has 0 spiro atoms. The summed E-state index contributed by atoms with van der Waals surface area (Å²) in [5.74, 6) is -1.30. The Morgan fingerprint density at radius 3 is 2.65 bits per heavy atom. The number of piperazine rings is 1. The minimum absolute atomic E-state index is 0.268. The quantitative estimate of drug-likeness (QED) is 0.748.